The standard InChI is InChI=1S/C13H16ClFO2/c1-13(2,3)10(12(16)17)6-8-4-5-9(15)7-11(8)14/h4-5,7,10H,6H2,1-3H3,(H,16,17). The minimum absolute atomic E-state index is 0.278. The average molecular weight is 259 g/mol. The third-order valence-electron chi connectivity index (χ3n) is 2.78. The van der Waals surface area contributed by atoms with Gasteiger partial charge in [-0.05, 0) is 29.5 Å². The molecule has 17 heavy (non-hydrogen) atoms. The van der Waals surface area contributed by atoms with Crippen LogP contribution in [0.5, 0.6) is 0 Å². The molecular weight excluding hydrogens is 243 g/mol. The highest BCUT2D eigenvalue weighted by Gasteiger charge is 2.31. The minimum atomic E-state index is -0.863. The van der Waals surface area contributed by atoms with E-state index in [-0.39, 0.29) is 10.4 Å². The number of carboxylic acid groups (broad SMARTS) is 1. The summed E-state index contributed by atoms with van der Waals surface area (Å²) < 4.78 is 12.9. The lowest BCUT2D eigenvalue weighted by Crippen LogP contribution is -2.30. The van der Waals surface area contributed by atoms with Gasteiger partial charge in [0.15, 0.2) is 0 Å². The van der Waals surface area contributed by atoms with E-state index in [0.29, 0.717) is 12.0 Å². The van der Waals surface area contributed by atoms with Crippen LogP contribution >= 0.6 is 11.6 Å². The van der Waals surface area contributed by atoms with E-state index in [1.54, 1.807) is 6.07 Å². The van der Waals surface area contributed by atoms with Crippen LogP contribution in [0.4, 0.5) is 4.39 Å². The molecule has 0 radical (unpaired) electrons. The van der Waals surface area contributed by atoms with Crippen molar-refractivity contribution < 1.29 is 14.3 Å². The van der Waals surface area contributed by atoms with Crippen molar-refractivity contribution in [3.05, 3.63) is 34.6 Å². The highest BCUT2D eigenvalue weighted by molar-refractivity contribution is 6.31. The van der Waals surface area contributed by atoms with Crippen LogP contribution in [0.3, 0.4) is 0 Å². The summed E-state index contributed by atoms with van der Waals surface area (Å²) in [7, 11) is 0. The SMILES string of the molecule is CC(C)(C)C(Cc1ccc(F)cc1Cl)C(=O)O. The minimum Gasteiger partial charge on any atom is -0.481 e. The summed E-state index contributed by atoms with van der Waals surface area (Å²) in [6.07, 6.45) is 0.304. The largest absolute Gasteiger partial charge is 0.481 e. The molecule has 0 aliphatic carbocycles. The van der Waals surface area contributed by atoms with Gasteiger partial charge < -0.3 is 5.11 Å². The summed E-state index contributed by atoms with van der Waals surface area (Å²) in [5.74, 6) is -1.83. The smallest absolute Gasteiger partial charge is 0.307 e. The first-order chi connectivity index (χ1) is 7.71. The van der Waals surface area contributed by atoms with Gasteiger partial charge in [-0.2, -0.15) is 0 Å². The normalized spacial score (nSPS) is 13.5. The van der Waals surface area contributed by atoms with Crippen molar-refractivity contribution in [2.24, 2.45) is 11.3 Å². The predicted molar refractivity (Wildman–Crippen MR) is 65.7 cm³/mol. The van der Waals surface area contributed by atoms with Gasteiger partial charge in [-0.15, -0.1) is 0 Å². The monoisotopic (exact) mass is 258 g/mol. The molecule has 1 aromatic rings. The molecule has 1 aromatic carbocycles. The second-order valence-corrected chi connectivity index (χ2v) is 5.60. The van der Waals surface area contributed by atoms with E-state index in [1.165, 1.54) is 12.1 Å². The van der Waals surface area contributed by atoms with Gasteiger partial charge in [0.2, 0.25) is 0 Å². The third-order valence-corrected chi connectivity index (χ3v) is 3.13. The van der Waals surface area contributed by atoms with E-state index in [2.05, 4.69) is 0 Å². The predicted octanol–water partition coefficient (Wildman–Crippen LogP) is 3.77. The van der Waals surface area contributed by atoms with Gasteiger partial charge in [0, 0.05) is 5.02 Å². The lowest BCUT2D eigenvalue weighted by molar-refractivity contribution is -0.145. The lowest BCUT2D eigenvalue weighted by Gasteiger charge is -2.27. The zero-order valence-electron chi connectivity index (χ0n) is 10.1. The molecule has 0 spiro atoms. The average Bonchev–Trinajstić information content (AvgIpc) is 2.13. The molecule has 2 nitrogen and oxygen atoms in total. The molecule has 0 heterocycles. The molecule has 0 bridgehead atoms. The molecule has 0 aliphatic rings. The number of carbonyl (C=O) groups is 1. The first-order valence-corrected chi connectivity index (χ1v) is 5.76. The summed E-state index contributed by atoms with van der Waals surface area (Å²) in [4.78, 5) is 11.2. The van der Waals surface area contributed by atoms with Crippen molar-refractivity contribution in [2.45, 2.75) is 27.2 Å². The Balaban J connectivity index is 2.98. The van der Waals surface area contributed by atoms with Crippen LogP contribution in [0.15, 0.2) is 18.2 Å². The van der Waals surface area contributed by atoms with E-state index < -0.39 is 17.7 Å². The van der Waals surface area contributed by atoms with Crippen molar-refractivity contribution in [1.82, 2.24) is 0 Å². The van der Waals surface area contributed by atoms with Crippen LogP contribution in [0.2, 0.25) is 5.02 Å². The van der Waals surface area contributed by atoms with Gasteiger partial charge in [-0.1, -0.05) is 38.4 Å². The number of carboxylic acids is 1. The van der Waals surface area contributed by atoms with Crippen molar-refractivity contribution in [3.63, 3.8) is 0 Å². The number of aliphatic carboxylic acids is 1. The molecule has 1 N–H and O–H groups in total. The van der Waals surface area contributed by atoms with E-state index in [0.717, 1.165) is 0 Å². The topological polar surface area (TPSA) is 37.3 Å². The summed E-state index contributed by atoms with van der Waals surface area (Å²) >= 11 is 5.90. The Bertz CT molecular complexity index is 424. The van der Waals surface area contributed by atoms with Crippen molar-refractivity contribution >= 4 is 17.6 Å². The van der Waals surface area contributed by atoms with Crippen LogP contribution in [0.25, 0.3) is 0 Å². The number of benzene rings is 1. The van der Waals surface area contributed by atoms with Crippen molar-refractivity contribution in [2.75, 3.05) is 0 Å². The van der Waals surface area contributed by atoms with Gasteiger partial charge in [-0.25, -0.2) is 4.39 Å². The molecule has 4 heteroatoms. The fourth-order valence-corrected chi connectivity index (χ4v) is 1.92. The maximum atomic E-state index is 12.9. The van der Waals surface area contributed by atoms with Gasteiger partial charge in [0.25, 0.3) is 0 Å². The molecule has 0 aliphatic heterocycles. The molecule has 1 rings (SSSR count). The van der Waals surface area contributed by atoms with E-state index in [4.69, 9.17) is 11.6 Å². The zero-order chi connectivity index (χ0) is 13.2. The molecular formula is C13H16ClFO2. The highest BCUT2D eigenvalue weighted by atomic mass is 35.5. The summed E-state index contributed by atoms with van der Waals surface area (Å²) in [6.45, 7) is 5.59. The zero-order valence-corrected chi connectivity index (χ0v) is 10.9. The molecule has 0 amide bonds. The maximum Gasteiger partial charge on any atom is 0.307 e. The van der Waals surface area contributed by atoms with Gasteiger partial charge in [-0.3, -0.25) is 4.79 Å². The highest BCUT2D eigenvalue weighted by Crippen LogP contribution is 2.31. The first kappa shape index (κ1) is 14.0. The third kappa shape index (κ3) is 3.70. The Labute approximate surface area is 105 Å². The molecule has 1 atom stereocenters. The fraction of sp³-hybridized carbons (Fsp3) is 0.462. The van der Waals surface area contributed by atoms with E-state index >= 15 is 0 Å². The van der Waals surface area contributed by atoms with Crippen LogP contribution < -0.4 is 0 Å². The second-order valence-electron chi connectivity index (χ2n) is 5.20. The van der Waals surface area contributed by atoms with Gasteiger partial charge >= 0.3 is 5.97 Å². The van der Waals surface area contributed by atoms with Crippen molar-refractivity contribution in [3.8, 4) is 0 Å². The first-order valence-electron chi connectivity index (χ1n) is 5.38. The molecule has 0 saturated carbocycles. The van der Waals surface area contributed by atoms with Gasteiger partial charge in [0.1, 0.15) is 5.82 Å². The molecule has 0 fully saturated rings. The Hall–Kier alpha value is -1.09. The maximum absolute atomic E-state index is 12.9. The molecule has 0 aromatic heterocycles. The summed E-state index contributed by atoms with van der Waals surface area (Å²) in [5.41, 5.74) is 0.291. The fourth-order valence-electron chi connectivity index (χ4n) is 1.67. The van der Waals surface area contributed by atoms with E-state index in [9.17, 15) is 14.3 Å². The number of hydrogen-bond donors (Lipinski definition) is 1. The molecule has 0 saturated heterocycles. The molecule has 1 unspecified atom stereocenters. The van der Waals surface area contributed by atoms with Crippen LogP contribution in [0, 0.1) is 17.2 Å². The van der Waals surface area contributed by atoms with Crippen LogP contribution in [-0.4, -0.2) is 11.1 Å². The Morgan fingerprint density at radius 1 is 1.47 bits per heavy atom. The number of rotatable bonds is 3. The Morgan fingerprint density at radius 2 is 2.06 bits per heavy atom. The van der Waals surface area contributed by atoms with E-state index in [1.807, 2.05) is 20.8 Å². The van der Waals surface area contributed by atoms with Crippen LogP contribution in [-0.2, 0) is 11.2 Å². The summed E-state index contributed by atoms with van der Waals surface area (Å²) in [5, 5.41) is 9.48. The van der Waals surface area contributed by atoms with Gasteiger partial charge in [0.05, 0.1) is 5.92 Å². The molecule has 94 valence electrons. The quantitative estimate of drug-likeness (QED) is 0.896. The lowest BCUT2D eigenvalue weighted by atomic mass is 9.77. The number of hydrogen-bond acceptors (Lipinski definition) is 1. The number of halogens is 2. The Morgan fingerprint density at radius 3 is 2.47 bits per heavy atom. The second kappa shape index (κ2) is 5.05. The van der Waals surface area contributed by atoms with Crippen molar-refractivity contribution in [1.29, 1.82) is 0 Å². The Kier molecular flexibility index (Phi) is 4.15. The summed E-state index contributed by atoms with van der Waals surface area (Å²) in [6, 6.07) is 4.04. The van der Waals surface area contributed by atoms with Crippen LogP contribution in [0.1, 0.15) is 26.3 Å².